The van der Waals surface area contributed by atoms with Gasteiger partial charge in [-0.3, -0.25) is 4.79 Å². The average Bonchev–Trinajstić information content (AvgIpc) is 2.49. The Morgan fingerprint density at radius 1 is 1.24 bits per heavy atom. The minimum absolute atomic E-state index is 0.247. The van der Waals surface area contributed by atoms with E-state index in [0.29, 0.717) is 13.1 Å². The van der Waals surface area contributed by atoms with Crippen LogP contribution in [0.4, 0.5) is 5.69 Å². The van der Waals surface area contributed by atoms with E-state index in [1.54, 1.807) is 19.1 Å². The van der Waals surface area contributed by atoms with Crippen molar-refractivity contribution in [2.75, 3.05) is 25.0 Å². The molecule has 6 nitrogen and oxygen atoms in total. The van der Waals surface area contributed by atoms with Crippen LogP contribution >= 0.6 is 0 Å². The van der Waals surface area contributed by atoms with E-state index in [1.165, 1.54) is 4.31 Å². The maximum atomic E-state index is 12.7. The van der Waals surface area contributed by atoms with Crippen LogP contribution in [0.25, 0.3) is 0 Å². The van der Waals surface area contributed by atoms with Crippen LogP contribution in [0.5, 0.6) is 0 Å². The zero-order valence-corrected chi connectivity index (χ0v) is 12.7. The number of aryl methyl sites for hydroxylation is 1. The maximum absolute atomic E-state index is 12.7. The molecule has 1 saturated heterocycles. The highest BCUT2D eigenvalue weighted by Crippen LogP contribution is 2.27. The molecule has 114 valence electrons. The van der Waals surface area contributed by atoms with Gasteiger partial charge in [-0.25, -0.2) is 8.42 Å². The largest absolute Gasteiger partial charge is 0.385 e. The summed E-state index contributed by atoms with van der Waals surface area (Å²) >= 11 is 0. The third-order valence-electron chi connectivity index (χ3n) is 4.07. The molecule has 3 rings (SSSR count). The van der Waals surface area contributed by atoms with Crippen LogP contribution in [0.1, 0.15) is 18.9 Å². The lowest BCUT2D eigenvalue weighted by Crippen LogP contribution is -2.55. The minimum atomic E-state index is -3.65. The number of hydrogen-bond donors (Lipinski definition) is 2. The maximum Gasteiger partial charge on any atom is 0.243 e. The fourth-order valence-electron chi connectivity index (χ4n) is 2.83. The van der Waals surface area contributed by atoms with Crippen molar-refractivity contribution in [2.45, 2.75) is 30.7 Å². The van der Waals surface area contributed by atoms with Gasteiger partial charge >= 0.3 is 0 Å². The van der Waals surface area contributed by atoms with Gasteiger partial charge in [0.1, 0.15) is 6.04 Å². The molecule has 1 atom stereocenters. The zero-order valence-electron chi connectivity index (χ0n) is 11.9. The van der Waals surface area contributed by atoms with Gasteiger partial charge in [-0.15, -0.1) is 0 Å². The van der Waals surface area contributed by atoms with Crippen molar-refractivity contribution in [3.8, 4) is 0 Å². The first kappa shape index (κ1) is 14.3. The summed E-state index contributed by atoms with van der Waals surface area (Å²) < 4.78 is 26.8. The number of carbonyl (C=O) groups excluding carboxylic acids is 1. The lowest BCUT2D eigenvalue weighted by atomic mass is 10.0. The van der Waals surface area contributed by atoms with Crippen molar-refractivity contribution in [1.29, 1.82) is 0 Å². The molecule has 2 aliphatic heterocycles. The van der Waals surface area contributed by atoms with Crippen molar-refractivity contribution < 1.29 is 13.2 Å². The lowest BCUT2D eigenvalue weighted by Gasteiger charge is -2.32. The molecular weight excluding hydrogens is 290 g/mol. The molecule has 2 N–H and O–H groups in total. The Labute approximate surface area is 124 Å². The Morgan fingerprint density at radius 2 is 2.05 bits per heavy atom. The van der Waals surface area contributed by atoms with E-state index in [4.69, 9.17) is 0 Å². The molecule has 2 heterocycles. The molecule has 1 fully saturated rings. The van der Waals surface area contributed by atoms with Crippen molar-refractivity contribution in [1.82, 2.24) is 9.62 Å². The number of nitrogens with one attached hydrogen (secondary N) is 2. The molecule has 0 aromatic heterocycles. The molecule has 0 bridgehead atoms. The molecule has 7 heteroatoms. The Balaban J connectivity index is 1.96. The molecule has 0 aliphatic carbocycles. The average molecular weight is 309 g/mol. The summed E-state index contributed by atoms with van der Waals surface area (Å²) in [4.78, 5) is 11.9. The van der Waals surface area contributed by atoms with Gasteiger partial charge in [-0.1, -0.05) is 6.07 Å². The smallest absolute Gasteiger partial charge is 0.243 e. The van der Waals surface area contributed by atoms with Gasteiger partial charge in [0.05, 0.1) is 4.90 Å². The van der Waals surface area contributed by atoms with Crippen LogP contribution in [0.15, 0.2) is 23.1 Å². The Hall–Kier alpha value is -1.60. The van der Waals surface area contributed by atoms with Crippen molar-refractivity contribution in [2.24, 2.45) is 0 Å². The van der Waals surface area contributed by atoms with Gasteiger partial charge in [0.15, 0.2) is 0 Å². The molecule has 1 unspecified atom stereocenters. The van der Waals surface area contributed by atoms with Gasteiger partial charge in [0, 0.05) is 25.3 Å². The molecular formula is C14H19N3O3S. The van der Waals surface area contributed by atoms with Gasteiger partial charge < -0.3 is 10.6 Å². The van der Waals surface area contributed by atoms with E-state index in [0.717, 1.165) is 30.6 Å². The second-order valence-electron chi connectivity index (χ2n) is 5.43. The number of piperazine rings is 1. The molecule has 1 amide bonds. The van der Waals surface area contributed by atoms with Crippen LogP contribution in [0.2, 0.25) is 0 Å². The van der Waals surface area contributed by atoms with Gasteiger partial charge in [-0.05, 0) is 37.5 Å². The SMILES string of the molecule is CC1C(=O)NCCN1S(=O)(=O)c1ccc2c(c1)NCCC2. The van der Waals surface area contributed by atoms with E-state index in [-0.39, 0.29) is 10.8 Å². The quantitative estimate of drug-likeness (QED) is 0.836. The molecule has 21 heavy (non-hydrogen) atoms. The monoisotopic (exact) mass is 309 g/mol. The standard InChI is InChI=1S/C14H19N3O3S/c1-10-14(18)16-7-8-17(10)21(19,20)12-5-4-11-3-2-6-15-13(11)9-12/h4-5,9-10,15H,2-3,6-8H2,1H3,(H,16,18). The predicted octanol–water partition coefficient (Wildman–Crippen LogP) is 0.554. The van der Waals surface area contributed by atoms with Gasteiger partial charge in [0.25, 0.3) is 0 Å². The Kier molecular flexibility index (Phi) is 3.62. The van der Waals surface area contributed by atoms with Crippen molar-refractivity contribution in [3.05, 3.63) is 23.8 Å². The molecule has 1 aromatic carbocycles. The highest BCUT2D eigenvalue weighted by molar-refractivity contribution is 7.89. The number of fused-ring (bicyclic) bond motifs is 1. The molecule has 1 aromatic rings. The van der Waals surface area contributed by atoms with E-state index in [2.05, 4.69) is 10.6 Å². The predicted molar refractivity (Wildman–Crippen MR) is 79.6 cm³/mol. The molecule has 0 saturated carbocycles. The molecule has 0 radical (unpaired) electrons. The summed E-state index contributed by atoms with van der Waals surface area (Å²) in [6, 6.07) is 4.51. The van der Waals surface area contributed by atoms with Gasteiger partial charge in [0.2, 0.25) is 15.9 Å². The summed E-state index contributed by atoms with van der Waals surface area (Å²) in [7, 11) is -3.65. The third-order valence-corrected chi connectivity index (χ3v) is 6.04. The number of benzene rings is 1. The summed E-state index contributed by atoms with van der Waals surface area (Å²) in [6.07, 6.45) is 2.02. The Bertz CT molecular complexity index is 672. The number of anilines is 1. The normalized spacial score (nSPS) is 23.1. The van der Waals surface area contributed by atoms with E-state index < -0.39 is 16.1 Å². The van der Waals surface area contributed by atoms with Gasteiger partial charge in [-0.2, -0.15) is 4.31 Å². The highest BCUT2D eigenvalue weighted by Gasteiger charge is 2.35. The van der Waals surface area contributed by atoms with Crippen molar-refractivity contribution >= 4 is 21.6 Å². The summed E-state index contributed by atoms with van der Waals surface area (Å²) in [6.45, 7) is 3.13. The number of carbonyl (C=O) groups is 1. The summed E-state index contributed by atoms with van der Waals surface area (Å²) in [5.74, 6) is -0.249. The zero-order chi connectivity index (χ0) is 15.0. The Morgan fingerprint density at radius 3 is 2.86 bits per heavy atom. The minimum Gasteiger partial charge on any atom is -0.385 e. The number of amides is 1. The fraction of sp³-hybridized carbons (Fsp3) is 0.500. The van der Waals surface area contributed by atoms with E-state index in [9.17, 15) is 13.2 Å². The number of rotatable bonds is 2. The van der Waals surface area contributed by atoms with E-state index >= 15 is 0 Å². The first-order chi connectivity index (χ1) is 10.00. The topological polar surface area (TPSA) is 78.5 Å². The van der Waals surface area contributed by atoms with Crippen LogP contribution in [0.3, 0.4) is 0 Å². The molecule has 2 aliphatic rings. The van der Waals surface area contributed by atoms with Crippen LogP contribution in [-0.2, 0) is 21.2 Å². The number of sulfonamides is 1. The fourth-order valence-corrected chi connectivity index (χ4v) is 4.45. The number of hydrogen-bond acceptors (Lipinski definition) is 4. The van der Waals surface area contributed by atoms with E-state index in [1.807, 2.05) is 6.07 Å². The lowest BCUT2D eigenvalue weighted by molar-refractivity contribution is -0.126. The van der Waals surface area contributed by atoms with Crippen LogP contribution in [0, 0.1) is 0 Å². The first-order valence-electron chi connectivity index (χ1n) is 7.16. The summed E-state index contributed by atoms with van der Waals surface area (Å²) in [5, 5.41) is 5.91. The van der Waals surface area contributed by atoms with Crippen LogP contribution < -0.4 is 10.6 Å². The third kappa shape index (κ3) is 2.51. The highest BCUT2D eigenvalue weighted by atomic mass is 32.2. The van der Waals surface area contributed by atoms with Crippen molar-refractivity contribution in [3.63, 3.8) is 0 Å². The first-order valence-corrected chi connectivity index (χ1v) is 8.60. The van der Waals surface area contributed by atoms with Crippen LogP contribution in [-0.4, -0.2) is 44.3 Å². The second kappa shape index (κ2) is 5.31. The number of nitrogens with zero attached hydrogens (tertiary/aromatic N) is 1. The second-order valence-corrected chi connectivity index (χ2v) is 7.32. The summed E-state index contributed by atoms with van der Waals surface area (Å²) in [5.41, 5.74) is 2.03. The molecule has 0 spiro atoms.